The summed E-state index contributed by atoms with van der Waals surface area (Å²) in [7, 11) is 3.74. The maximum absolute atomic E-state index is 13.8. The molecule has 4 aromatic rings. The number of aromatic nitrogens is 5. The molecule has 2 aliphatic carbocycles. The first-order valence-electron chi connectivity index (χ1n) is 13.0. The minimum Gasteiger partial charge on any atom is -0.341 e. The van der Waals surface area contributed by atoms with E-state index in [1.165, 1.54) is 11.3 Å². The van der Waals surface area contributed by atoms with Gasteiger partial charge in [-0.1, -0.05) is 11.3 Å². The van der Waals surface area contributed by atoms with Crippen LogP contribution in [0.25, 0.3) is 22.1 Å². The molecule has 0 aromatic carbocycles. The van der Waals surface area contributed by atoms with Gasteiger partial charge in [0.05, 0.1) is 17.5 Å². The predicted octanol–water partition coefficient (Wildman–Crippen LogP) is 4.31. The lowest BCUT2D eigenvalue weighted by atomic mass is 10.2. The topological polar surface area (TPSA) is 101 Å². The van der Waals surface area contributed by atoms with E-state index in [1.807, 2.05) is 43.0 Å². The fourth-order valence-electron chi connectivity index (χ4n) is 5.03. The van der Waals surface area contributed by atoms with Crippen LogP contribution in [0.1, 0.15) is 65.4 Å². The quantitative estimate of drug-likeness (QED) is 0.372. The molecule has 6 rings (SSSR count). The van der Waals surface area contributed by atoms with Gasteiger partial charge in [0.2, 0.25) is 0 Å². The molecule has 0 radical (unpaired) electrons. The van der Waals surface area contributed by atoms with Crippen molar-refractivity contribution in [2.45, 2.75) is 65.1 Å². The van der Waals surface area contributed by atoms with Gasteiger partial charge in [0.25, 0.3) is 11.8 Å². The largest absolute Gasteiger partial charge is 0.341 e. The summed E-state index contributed by atoms with van der Waals surface area (Å²) in [6.07, 6.45) is 6.15. The fourth-order valence-corrected chi connectivity index (χ4v) is 5.99. The van der Waals surface area contributed by atoms with Gasteiger partial charge in [-0.15, -0.1) is 0 Å². The molecule has 2 aliphatic rings. The number of hydrogen-bond donors (Lipinski definition) is 1. The normalized spacial score (nSPS) is 15.5. The van der Waals surface area contributed by atoms with E-state index in [2.05, 4.69) is 20.2 Å². The third kappa shape index (κ3) is 3.96. The number of hydrogen-bond acceptors (Lipinski definition) is 7. The average Bonchev–Trinajstić information content (AvgIpc) is 3.80. The van der Waals surface area contributed by atoms with Crippen molar-refractivity contribution >= 4 is 56.2 Å². The van der Waals surface area contributed by atoms with Crippen molar-refractivity contribution in [3.05, 3.63) is 28.7 Å². The number of anilines is 2. The summed E-state index contributed by atoms with van der Waals surface area (Å²) in [5, 5.41) is 4.83. The van der Waals surface area contributed by atoms with Crippen LogP contribution in [-0.4, -0.2) is 71.4 Å². The van der Waals surface area contributed by atoms with Crippen molar-refractivity contribution in [3.63, 3.8) is 0 Å². The van der Waals surface area contributed by atoms with Gasteiger partial charge in [0.15, 0.2) is 10.9 Å². The third-order valence-corrected chi connectivity index (χ3v) is 8.45. The molecule has 2 fully saturated rings. The smallest absolute Gasteiger partial charge is 0.271 e. The molecule has 10 nitrogen and oxygen atoms in total. The number of nitrogens with one attached hydrogen (secondary N) is 1. The number of fused-ring (bicyclic) bond motifs is 3. The number of aryl methyl sites for hydroxylation is 3. The summed E-state index contributed by atoms with van der Waals surface area (Å²) in [5.41, 5.74) is 3.72. The second-order valence-corrected chi connectivity index (χ2v) is 11.1. The number of nitrogens with zero attached hydrogens (tertiary/aromatic N) is 7. The SMILES string of the molecule is CCN(C)C(=O)c1sc(Nc2nc3c(cc(C(=O)N(C4CC4)C4CC4)n3CC)c3c2ncn3C)nc1C. The van der Waals surface area contributed by atoms with E-state index in [1.54, 1.807) is 18.3 Å². The lowest BCUT2D eigenvalue weighted by Crippen LogP contribution is -2.36. The maximum atomic E-state index is 13.8. The molecule has 0 bridgehead atoms. The van der Waals surface area contributed by atoms with Gasteiger partial charge in [0, 0.05) is 44.7 Å². The molecule has 11 heteroatoms. The Morgan fingerprint density at radius 2 is 1.84 bits per heavy atom. The molecule has 0 atom stereocenters. The summed E-state index contributed by atoms with van der Waals surface area (Å²) in [4.78, 5) is 45.1. The number of carbonyl (C=O) groups excluding carboxylic acids is 2. The molecular weight excluding hydrogens is 488 g/mol. The standard InChI is InChI=1S/C26H32N8O2S/c1-6-31(4)25(36)21-14(3)28-26(37-21)30-22-19-20(32(5)13-27-19)17-12-18(33(7-2)23(17)29-22)24(35)34(15-8-9-15)16-10-11-16/h12-13,15-16H,6-11H2,1-5H3,(H,28,29,30). The van der Waals surface area contributed by atoms with Crippen LogP contribution in [-0.2, 0) is 13.6 Å². The molecule has 194 valence electrons. The van der Waals surface area contributed by atoms with E-state index in [0.29, 0.717) is 57.9 Å². The van der Waals surface area contributed by atoms with Crippen LogP contribution < -0.4 is 5.32 Å². The van der Waals surface area contributed by atoms with E-state index >= 15 is 0 Å². The minimum absolute atomic E-state index is 0.0455. The highest BCUT2D eigenvalue weighted by Gasteiger charge is 2.43. The second-order valence-electron chi connectivity index (χ2n) is 10.1. The van der Waals surface area contributed by atoms with Crippen LogP contribution in [0, 0.1) is 6.92 Å². The van der Waals surface area contributed by atoms with Crippen molar-refractivity contribution in [1.82, 2.24) is 33.9 Å². The zero-order valence-electron chi connectivity index (χ0n) is 21.9. The molecule has 0 aliphatic heterocycles. The number of amides is 2. The Morgan fingerprint density at radius 3 is 2.46 bits per heavy atom. The minimum atomic E-state index is -0.0455. The van der Waals surface area contributed by atoms with Gasteiger partial charge < -0.3 is 24.3 Å². The maximum Gasteiger partial charge on any atom is 0.271 e. The Kier molecular flexibility index (Phi) is 5.70. The Morgan fingerprint density at radius 1 is 1.14 bits per heavy atom. The van der Waals surface area contributed by atoms with Crippen molar-refractivity contribution in [1.29, 1.82) is 0 Å². The monoisotopic (exact) mass is 520 g/mol. The van der Waals surface area contributed by atoms with Crippen LogP contribution in [0.15, 0.2) is 12.4 Å². The second kappa shape index (κ2) is 8.83. The van der Waals surface area contributed by atoms with E-state index in [0.717, 1.165) is 42.2 Å². The molecule has 4 heterocycles. The van der Waals surface area contributed by atoms with Crippen LogP contribution >= 0.6 is 11.3 Å². The number of carbonyl (C=O) groups is 2. The summed E-state index contributed by atoms with van der Waals surface area (Å²) in [5.74, 6) is 0.622. The van der Waals surface area contributed by atoms with Gasteiger partial charge in [-0.3, -0.25) is 9.59 Å². The summed E-state index contributed by atoms with van der Waals surface area (Å²) in [6, 6.07) is 2.74. The van der Waals surface area contributed by atoms with Gasteiger partial charge in [-0.2, -0.15) is 0 Å². The average molecular weight is 521 g/mol. The van der Waals surface area contributed by atoms with Gasteiger partial charge in [-0.05, 0) is 52.5 Å². The predicted molar refractivity (Wildman–Crippen MR) is 145 cm³/mol. The summed E-state index contributed by atoms with van der Waals surface area (Å²) < 4.78 is 3.99. The zero-order chi connectivity index (χ0) is 26.0. The molecule has 0 spiro atoms. The first-order chi connectivity index (χ1) is 17.8. The first-order valence-corrected chi connectivity index (χ1v) is 13.8. The van der Waals surface area contributed by atoms with Crippen LogP contribution in [0.2, 0.25) is 0 Å². The Hall–Kier alpha value is -3.47. The lowest BCUT2D eigenvalue weighted by molar-refractivity contribution is 0.0718. The molecule has 0 unspecified atom stereocenters. The molecule has 37 heavy (non-hydrogen) atoms. The van der Waals surface area contributed by atoms with Crippen molar-refractivity contribution in [2.75, 3.05) is 18.9 Å². The fraction of sp³-hybridized carbons (Fsp3) is 0.500. The zero-order valence-corrected chi connectivity index (χ0v) is 22.7. The highest BCUT2D eigenvalue weighted by Crippen LogP contribution is 2.40. The lowest BCUT2D eigenvalue weighted by Gasteiger charge is -2.22. The Balaban J connectivity index is 1.45. The Bertz CT molecular complexity index is 1530. The van der Waals surface area contributed by atoms with Crippen molar-refractivity contribution in [3.8, 4) is 0 Å². The van der Waals surface area contributed by atoms with Crippen molar-refractivity contribution in [2.24, 2.45) is 7.05 Å². The van der Waals surface area contributed by atoms with E-state index in [9.17, 15) is 9.59 Å². The molecule has 1 N–H and O–H groups in total. The number of rotatable bonds is 8. The van der Waals surface area contributed by atoms with E-state index in [4.69, 9.17) is 4.98 Å². The molecule has 0 saturated heterocycles. The first kappa shape index (κ1) is 23.9. The van der Waals surface area contributed by atoms with E-state index in [-0.39, 0.29) is 11.8 Å². The van der Waals surface area contributed by atoms with E-state index < -0.39 is 0 Å². The molecular formula is C26H32N8O2S. The third-order valence-electron chi connectivity index (χ3n) is 7.39. The van der Waals surface area contributed by atoms with Gasteiger partial charge in [0.1, 0.15) is 21.7 Å². The number of imidazole rings is 1. The van der Waals surface area contributed by atoms with Crippen LogP contribution in [0.5, 0.6) is 0 Å². The highest BCUT2D eigenvalue weighted by molar-refractivity contribution is 7.17. The van der Waals surface area contributed by atoms with Gasteiger partial charge >= 0.3 is 0 Å². The van der Waals surface area contributed by atoms with Crippen molar-refractivity contribution < 1.29 is 9.59 Å². The summed E-state index contributed by atoms with van der Waals surface area (Å²) in [6.45, 7) is 7.09. The van der Waals surface area contributed by atoms with Gasteiger partial charge in [-0.25, -0.2) is 15.0 Å². The number of thiazole rings is 1. The molecule has 4 aromatic heterocycles. The van der Waals surface area contributed by atoms with Crippen LogP contribution in [0.3, 0.4) is 0 Å². The Labute approximate surface area is 219 Å². The number of pyridine rings is 1. The van der Waals surface area contributed by atoms with Crippen LogP contribution in [0.4, 0.5) is 10.9 Å². The molecule has 2 amide bonds. The summed E-state index contributed by atoms with van der Waals surface area (Å²) >= 11 is 1.32. The molecule has 2 saturated carbocycles. The highest BCUT2D eigenvalue weighted by atomic mass is 32.1.